The summed E-state index contributed by atoms with van der Waals surface area (Å²) in [7, 11) is 0. The Morgan fingerprint density at radius 1 is 1.07 bits per heavy atom. The second-order valence-electron chi connectivity index (χ2n) is 11.2. The molecule has 0 saturated carbocycles. The lowest BCUT2D eigenvalue weighted by atomic mass is 9.95. The van der Waals surface area contributed by atoms with Crippen molar-refractivity contribution < 1.29 is 46.1 Å². The molecule has 1 fully saturated rings. The van der Waals surface area contributed by atoms with Crippen molar-refractivity contribution in [2.75, 3.05) is 24.6 Å². The highest BCUT2D eigenvalue weighted by Gasteiger charge is 2.33. The van der Waals surface area contributed by atoms with Gasteiger partial charge in [0.1, 0.15) is 24.1 Å². The van der Waals surface area contributed by atoms with E-state index in [0.717, 1.165) is 0 Å². The van der Waals surface area contributed by atoms with Gasteiger partial charge in [-0.3, -0.25) is 9.59 Å². The predicted octanol–water partition coefficient (Wildman–Crippen LogP) is 4.20. The fraction of sp³-hybridized carbons (Fsp3) is 0.448. The first-order valence-corrected chi connectivity index (χ1v) is 13.5. The Kier molecular flexibility index (Phi) is 9.68. The van der Waals surface area contributed by atoms with Crippen LogP contribution in [0.25, 0.3) is 10.9 Å². The van der Waals surface area contributed by atoms with Gasteiger partial charge in [0.15, 0.2) is 17.4 Å². The van der Waals surface area contributed by atoms with E-state index in [4.69, 9.17) is 9.47 Å². The molecule has 1 saturated heterocycles. The van der Waals surface area contributed by atoms with Crippen molar-refractivity contribution in [3.63, 3.8) is 0 Å². The standard InChI is InChI=1S/C29H31F5N4O5/c1-29(2,3)43-23(40)12-21(22(39)14-42-26-24(33)18(31)11-19(32)25(26)34)36-27(41)15-6-8-38(9-7-15)28-35-13-16-10-17(30)4-5-20(16)37-28/h4-5,10-11,13,15,21-22,39H,6-9,12,14H2,1-3H3,(H,36,41)/t21-,22?/m0/s1. The van der Waals surface area contributed by atoms with Crippen LogP contribution in [-0.4, -0.2) is 64.4 Å². The summed E-state index contributed by atoms with van der Waals surface area (Å²) in [5.41, 5.74) is -0.322. The number of aliphatic hydroxyl groups is 1. The first-order chi connectivity index (χ1) is 20.2. The van der Waals surface area contributed by atoms with E-state index in [1.807, 2.05) is 4.90 Å². The van der Waals surface area contributed by atoms with E-state index in [9.17, 15) is 36.6 Å². The van der Waals surface area contributed by atoms with E-state index >= 15 is 0 Å². The Hall–Kier alpha value is -4.07. The number of ether oxygens (including phenoxy) is 2. The molecular formula is C29H31F5N4O5. The quantitative estimate of drug-likeness (QED) is 0.211. The van der Waals surface area contributed by atoms with Crippen LogP contribution in [0.4, 0.5) is 27.9 Å². The van der Waals surface area contributed by atoms with Gasteiger partial charge in [0.2, 0.25) is 23.5 Å². The Labute approximate surface area is 244 Å². The zero-order valence-corrected chi connectivity index (χ0v) is 23.7. The maximum atomic E-state index is 14.0. The third-order valence-corrected chi connectivity index (χ3v) is 6.75. The average molecular weight is 611 g/mol. The molecule has 1 aromatic heterocycles. The zero-order chi connectivity index (χ0) is 31.5. The van der Waals surface area contributed by atoms with E-state index in [2.05, 4.69) is 15.3 Å². The number of anilines is 1. The van der Waals surface area contributed by atoms with Crippen LogP contribution >= 0.6 is 0 Å². The second kappa shape index (κ2) is 13.1. The van der Waals surface area contributed by atoms with Crippen LogP contribution in [0.1, 0.15) is 40.0 Å². The fourth-order valence-corrected chi connectivity index (χ4v) is 4.60. The molecule has 232 valence electrons. The Morgan fingerprint density at radius 2 is 1.72 bits per heavy atom. The molecule has 0 aliphatic carbocycles. The molecule has 9 nitrogen and oxygen atoms in total. The second-order valence-corrected chi connectivity index (χ2v) is 11.2. The minimum atomic E-state index is -1.80. The molecular weight excluding hydrogens is 579 g/mol. The minimum absolute atomic E-state index is 0.0119. The molecule has 1 amide bonds. The molecule has 14 heteroatoms. The molecule has 1 aliphatic rings. The van der Waals surface area contributed by atoms with Gasteiger partial charge >= 0.3 is 5.97 Å². The van der Waals surface area contributed by atoms with Gasteiger partial charge in [-0.25, -0.2) is 23.1 Å². The van der Waals surface area contributed by atoms with Crippen LogP contribution in [0, 0.1) is 35.0 Å². The molecule has 2 N–H and O–H groups in total. The number of carbonyl (C=O) groups excluding carboxylic acids is 2. The first-order valence-electron chi connectivity index (χ1n) is 13.5. The Bertz CT molecular complexity index is 1470. The van der Waals surface area contributed by atoms with Crippen molar-refractivity contribution >= 4 is 28.7 Å². The number of hydrogen-bond donors (Lipinski definition) is 2. The van der Waals surface area contributed by atoms with E-state index < -0.39 is 83.4 Å². The van der Waals surface area contributed by atoms with Crippen molar-refractivity contribution in [1.82, 2.24) is 15.3 Å². The number of aromatic nitrogens is 2. The molecule has 2 heterocycles. The summed E-state index contributed by atoms with van der Waals surface area (Å²) in [6, 6.07) is 2.86. The lowest BCUT2D eigenvalue weighted by molar-refractivity contribution is -0.156. The average Bonchev–Trinajstić information content (AvgIpc) is 2.94. The van der Waals surface area contributed by atoms with Crippen LogP contribution in [0.5, 0.6) is 5.75 Å². The van der Waals surface area contributed by atoms with Gasteiger partial charge in [0.25, 0.3) is 0 Å². The third-order valence-electron chi connectivity index (χ3n) is 6.75. The summed E-state index contributed by atoms with van der Waals surface area (Å²) in [6.07, 6.45) is -0.0128. The van der Waals surface area contributed by atoms with Gasteiger partial charge in [0.05, 0.1) is 18.0 Å². The molecule has 2 atom stereocenters. The van der Waals surface area contributed by atoms with Crippen LogP contribution in [0.3, 0.4) is 0 Å². The zero-order valence-electron chi connectivity index (χ0n) is 23.7. The number of fused-ring (bicyclic) bond motifs is 1. The molecule has 0 radical (unpaired) electrons. The van der Waals surface area contributed by atoms with Gasteiger partial charge in [0, 0.05) is 36.7 Å². The number of aliphatic hydroxyl groups excluding tert-OH is 1. The molecule has 4 rings (SSSR count). The molecule has 3 aromatic rings. The Morgan fingerprint density at radius 3 is 2.35 bits per heavy atom. The smallest absolute Gasteiger partial charge is 0.308 e. The minimum Gasteiger partial charge on any atom is -0.485 e. The molecule has 43 heavy (non-hydrogen) atoms. The highest BCUT2D eigenvalue weighted by atomic mass is 19.2. The van der Waals surface area contributed by atoms with Crippen molar-refractivity contribution in [2.45, 2.75) is 57.8 Å². The van der Waals surface area contributed by atoms with Gasteiger partial charge in [-0.15, -0.1) is 0 Å². The fourth-order valence-electron chi connectivity index (χ4n) is 4.60. The number of amides is 1. The number of hydrogen-bond acceptors (Lipinski definition) is 8. The number of nitrogens with zero attached hydrogens (tertiary/aromatic N) is 3. The number of benzene rings is 2. The van der Waals surface area contributed by atoms with Gasteiger partial charge < -0.3 is 24.8 Å². The SMILES string of the molecule is CC(C)(C)OC(=O)C[C@H](NC(=O)C1CCN(c2ncc3cc(F)ccc3n2)CC1)C(O)COc1c(F)c(F)cc(F)c1F. The topological polar surface area (TPSA) is 114 Å². The monoisotopic (exact) mass is 610 g/mol. The van der Waals surface area contributed by atoms with Crippen molar-refractivity contribution in [1.29, 1.82) is 0 Å². The summed E-state index contributed by atoms with van der Waals surface area (Å²) in [5.74, 6) is -10.2. The molecule has 1 aliphatic heterocycles. The van der Waals surface area contributed by atoms with Gasteiger partial charge in [-0.05, 0) is 51.8 Å². The van der Waals surface area contributed by atoms with Crippen LogP contribution in [0.15, 0.2) is 30.5 Å². The highest BCUT2D eigenvalue weighted by Crippen LogP contribution is 2.27. The van der Waals surface area contributed by atoms with Crippen LogP contribution in [-0.2, 0) is 14.3 Å². The van der Waals surface area contributed by atoms with Gasteiger partial charge in [-0.2, -0.15) is 8.78 Å². The predicted molar refractivity (Wildman–Crippen MR) is 145 cm³/mol. The van der Waals surface area contributed by atoms with E-state index in [1.165, 1.54) is 18.3 Å². The summed E-state index contributed by atoms with van der Waals surface area (Å²) in [6.45, 7) is 4.74. The van der Waals surface area contributed by atoms with Crippen molar-refractivity contribution in [3.05, 3.63) is 59.5 Å². The largest absolute Gasteiger partial charge is 0.485 e. The molecule has 0 spiro atoms. The van der Waals surface area contributed by atoms with E-state index in [1.54, 1.807) is 26.8 Å². The molecule has 1 unspecified atom stereocenters. The first kappa shape index (κ1) is 31.9. The maximum Gasteiger partial charge on any atom is 0.308 e. The van der Waals surface area contributed by atoms with Crippen molar-refractivity contribution in [3.8, 4) is 5.75 Å². The number of carbonyl (C=O) groups is 2. The summed E-state index contributed by atoms with van der Waals surface area (Å²) in [5, 5.41) is 13.9. The van der Waals surface area contributed by atoms with Crippen molar-refractivity contribution in [2.24, 2.45) is 5.92 Å². The normalized spacial score (nSPS) is 15.7. The van der Waals surface area contributed by atoms with Crippen LogP contribution < -0.4 is 15.0 Å². The highest BCUT2D eigenvalue weighted by molar-refractivity contribution is 5.81. The number of esters is 1. The van der Waals surface area contributed by atoms with Crippen LogP contribution in [0.2, 0.25) is 0 Å². The Balaban J connectivity index is 1.41. The summed E-state index contributed by atoms with van der Waals surface area (Å²) >= 11 is 0. The van der Waals surface area contributed by atoms with E-state index in [-0.39, 0.29) is 6.07 Å². The summed E-state index contributed by atoms with van der Waals surface area (Å²) < 4.78 is 78.8. The number of nitrogens with one attached hydrogen (secondary N) is 1. The number of piperidine rings is 1. The maximum absolute atomic E-state index is 14.0. The lowest BCUT2D eigenvalue weighted by Crippen LogP contribution is -2.51. The number of halogens is 5. The molecule has 2 aromatic carbocycles. The van der Waals surface area contributed by atoms with E-state index in [0.29, 0.717) is 42.8 Å². The summed E-state index contributed by atoms with van der Waals surface area (Å²) in [4.78, 5) is 36.3. The number of rotatable bonds is 9. The third kappa shape index (κ3) is 8.06. The molecule has 0 bridgehead atoms. The van der Waals surface area contributed by atoms with Gasteiger partial charge in [-0.1, -0.05) is 0 Å². The lowest BCUT2D eigenvalue weighted by Gasteiger charge is -2.33.